The zero-order chi connectivity index (χ0) is 15.3. The van der Waals surface area contributed by atoms with E-state index in [1.54, 1.807) is 0 Å². The second kappa shape index (κ2) is 7.05. The van der Waals surface area contributed by atoms with Gasteiger partial charge in [0, 0.05) is 6.54 Å². The van der Waals surface area contributed by atoms with Crippen molar-refractivity contribution in [3.05, 3.63) is 35.9 Å². The average Bonchev–Trinajstić information content (AvgIpc) is 2.47. The monoisotopic (exact) mass is 290 g/mol. The number of carbonyl (C=O) groups is 1. The standard InChI is InChI=1S/C17H26N2O2/c1-17(2,3)11-14(13-7-5-4-6-8-13)19-16(20)15-12-21-10-9-18-15/h4-8,14-15,18H,9-12H2,1-3H3,(H,19,20). The minimum atomic E-state index is -0.245. The van der Waals surface area contributed by atoms with Gasteiger partial charge in [0.2, 0.25) is 5.91 Å². The van der Waals surface area contributed by atoms with E-state index in [0.29, 0.717) is 13.2 Å². The van der Waals surface area contributed by atoms with Gasteiger partial charge in [-0.05, 0) is 17.4 Å². The summed E-state index contributed by atoms with van der Waals surface area (Å²) in [5.74, 6) is 0.0211. The van der Waals surface area contributed by atoms with E-state index in [4.69, 9.17) is 4.74 Å². The van der Waals surface area contributed by atoms with E-state index in [0.717, 1.165) is 18.5 Å². The fourth-order valence-corrected chi connectivity index (χ4v) is 2.56. The minimum absolute atomic E-state index is 0.0211. The van der Waals surface area contributed by atoms with Crippen LogP contribution in [0.3, 0.4) is 0 Å². The van der Waals surface area contributed by atoms with E-state index < -0.39 is 0 Å². The highest BCUT2D eigenvalue weighted by Crippen LogP contribution is 2.29. The lowest BCUT2D eigenvalue weighted by Crippen LogP contribution is -2.52. The van der Waals surface area contributed by atoms with Crippen LogP contribution in [0.4, 0.5) is 0 Å². The molecule has 0 aromatic heterocycles. The molecule has 2 N–H and O–H groups in total. The number of hydrogen-bond acceptors (Lipinski definition) is 3. The minimum Gasteiger partial charge on any atom is -0.378 e. The summed E-state index contributed by atoms with van der Waals surface area (Å²) < 4.78 is 5.37. The lowest BCUT2D eigenvalue weighted by Gasteiger charge is -2.30. The first-order valence-corrected chi connectivity index (χ1v) is 7.62. The van der Waals surface area contributed by atoms with Crippen molar-refractivity contribution in [3.8, 4) is 0 Å². The molecule has 1 fully saturated rings. The van der Waals surface area contributed by atoms with Crippen LogP contribution in [0.15, 0.2) is 30.3 Å². The molecule has 2 atom stereocenters. The van der Waals surface area contributed by atoms with Gasteiger partial charge in [-0.3, -0.25) is 4.79 Å². The molecule has 116 valence electrons. The molecular formula is C17H26N2O2. The highest BCUT2D eigenvalue weighted by Gasteiger charge is 2.26. The third-order valence-electron chi connectivity index (χ3n) is 3.57. The van der Waals surface area contributed by atoms with Crippen molar-refractivity contribution in [2.75, 3.05) is 19.8 Å². The Bertz CT molecular complexity index is 448. The van der Waals surface area contributed by atoms with E-state index >= 15 is 0 Å². The van der Waals surface area contributed by atoms with Gasteiger partial charge in [-0.25, -0.2) is 0 Å². The summed E-state index contributed by atoms with van der Waals surface area (Å²) in [6, 6.07) is 9.95. The fourth-order valence-electron chi connectivity index (χ4n) is 2.56. The van der Waals surface area contributed by atoms with Gasteiger partial charge >= 0.3 is 0 Å². The molecule has 0 bridgehead atoms. The number of nitrogens with one attached hydrogen (secondary N) is 2. The van der Waals surface area contributed by atoms with Crippen molar-refractivity contribution < 1.29 is 9.53 Å². The Labute approximate surface area is 127 Å². The molecule has 2 unspecified atom stereocenters. The third kappa shape index (κ3) is 5.14. The number of hydrogen-bond donors (Lipinski definition) is 2. The lowest BCUT2D eigenvalue weighted by atomic mass is 9.85. The highest BCUT2D eigenvalue weighted by molar-refractivity contribution is 5.82. The van der Waals surface area contributed by atoms with Gasteiger partial charge in [-0.1, -0.05) is 51.1 Å². The summed E-state index contributed by atoms with van der Waals surface area (Å²) in [5, 5.41) is 6.38. The first-order valence-electron chi connectivity index (χ1n) is 7.62. The van der Waals surface area contributed by atoms with Gasteiger partial charge in [0.1, 0.15) is 6.04 Å². The molecular weight excluding hydrogens is 264 g/mol. The van der Waals surface area contributed by atoms with E-state index in [2.05, 4.69) is 43.5 Å². The molecule has 1 heterocycles. The van der Waals surface area contributed by atoms with Crippen molar-refractivity contribution in [3.63, 3.8) is 0 Å². The number of rotatable bonds is 4. The predicted molar refractivity (Wildman–Crippen MR) is 84.0 cm³/mol. The van der Waals surface area contributed by atoms with Crippen LogP contribution in [-0.4, -0.2) is 31.7 Å². The van der Waals surface area contributed by atoms with Crippen LogP contribution in [0.5, 0.6) is 0 Å². The maximum Gasteiger partial charge on any atom is 0.240 e. The second-order valence-corrected chi connectivity index (χ2v) is 6.82. The largest absolute Gasteiger partial charge is 0.378 e. The number of amides is 1. The van der Waals surface area contributed by atoms with Crippen LogP contribution < -0.4 is 10.6 Å². The number of ether oxygens (including phenoxy) is 1. The summed E-state index contributed by atoms with van der Waals surface area (Å²) in [7, 11) is 0. The molecule has 1 saturated heterocycles. The number of carbonyl (C=O) groups excluding carboxylic acids is 1. The molecule has 4 nitrogen and oxygen atoms in total. The summed E-state index contributed by atoms with van der Waals surface area (Å²) in [5.41, 5.74) is 1.29. The Kier molecular flexibility index (Phi) is 5.37. The topological polar surface area (TPSA) is 50.4 Å². The first-order chi connectivity index (χ1) is 9.96. The molecule has 0 aliphatic carbocycles. The molecule has 21 heavy (non-hydrogen) atoms. The molecule has 1 aliphatic rings. The normalized spacial score (nSPS) is 20.8. The van der Waals surface area contributed by atoms with E-state index in [-0.39, 0.29) is 23.4 Å². The number of benzene rings is 1. The van der Waals surface area contributed by atoms with E-state index in [1.807, 2.05) is 18.2 Å². The Balaban J connectivity index is 2.06. The SMILES string of the molecule is CC(C)(C)CC(NC(=O)C1COCCN1)c1ccccc1. The average molecular weight is 290 g/mol. The van der Waals surface area contributed by atoms with Gasteiger partial charge in [-0.2, -0.15) is 0 Å². The molecule has 1 aromatic rings. The van der Waals surface area contributed by atoms with Crippen molar-refractivity contribution in [1.29, 1.82) is 0 Å². The maximum absolute atomic E-state index is 12.4. The molecule has 2 rings (SSSR count). The van der Waals surface area contributed by atoms with Gasteiger partial charge in [0.15, 0.2) is 0 Å². The Morgan fingerprint density at radius 3 is 2.67 bits per heavy atom. The molecule has 0 spiro atoms. The Hall–Kier alpha value is -1.39. The van der Waals surface area contributed by atoms with Crippen molar-refractivity contribution in [2.24, 2.45) is 5.41 Å². The van der Waals surface area contributed by atoms with Crippen molar-refractivity contribution >= 4 is 5.91 Å². The van der Waals surface area contributed by atoms with Gasteiger partial charge < -0.3 is 15.4 Å². The molecule has 4 heteroatoms. The molecule has 1 aromatic carbocycles. The quantitative estimate of drug-likeness (QED) is 0.894. The number of morpholine rings is 1. The van der Waals surface area contributed by atoms with Crippen LogP contribution in [0.1, 0.15) is 38.8 Å². The molecule has 1 amide bonds. The smallest absolute Gasteiger partial charge is 0.240 e. The maximum atomic E-state index is 12.4. The zero-order valence-electron chi connectivity index (χ0n) is 13.2. The van der Waals surface area contributed by atoms with E-state index in [1.165, 1.54) is 0 Å². The van der Waals surface area contributed by atoms with Crippen molar-refractivity contribution in [2.45, 2.75) is 39.3 Å². The Morgan fingerprint density at radius 1 is 1.38 bits per heavy atom. The molecule has 0 saturated carbocycles. The summed E-state index contributed by atoms with van der Waals surface area (Å²) in [6.45, 7) is 8.43. The van der Waals surface area contributed by atoms with Crippen LogP contribution in [-0.2, 0) is 9.53 Å². The van der Waals surface area contributed by atoms with Gasteiger partial charge in [0.05, 0.1) is 19.3 Å². The highest BCUT2D eigenvalue weighted by atomic mass is 16.5. The predicted octanol–water partition coefficient (Wildman–Crippen LogP) is 2.27. The van der Waals surface area contributed by atoms with Crippen LogP contribution in [0, 0.1) is 5.41 Å². The fraction of sp³-hybridized carbons (Fsp3) is 0.588. The summed E-state index contributed by atoms with van der Waals surface area (Å²) >= 11 is 0. The summed E-state index contributed by atoms with van der Waals surface area (Å²) in [4.78, 5) is 12.4. The Morgan fingerprint density at radius 2 is 2.10 bits per heavy atom. The summed E-state index contributed by atoms with van der Waals surface area (Å²) in [6.07, 6.45) is 0.899. The van der Waals surface area contributed by atoms with Crippen molar-refractivity contribution in [1.82, 2.24) is 10.6 Å². The zero-order valence-corrected chi connectivity index (χ0v) is 13.2. The first kappa shape index (κ1) is 16.0. The third-order valence-corrected chi connectivity index (χ3v) is 3.57. The van der Waals surface area contributed by atoms with E-state index in [9.17, 15) is 4.79 Å². The van der Waals surface area contributed by atoms with Crippen LogP contribution >= 0.6 is 0 Å². The van der Waals surface area contributed by atoms with Gasteiger partial charge in [0.25, 0.3) is 0 Å². The molecule has 1 aliphatic heterocycles. The second-order valence-electron chi connectivity index (χ2n) is 6.82. The molecule has 0 radical (unpaired) electrons. The van der Waals surface area contributed by atoms with Crippen LogP contribution in [0.25, 0.3) is 0 Å². The van der Waals surface area contributed by atoms with Crippen LogP contribution in [0.2, 0.25) is 0 Å². The lowest BCUT2D eigenvalue weighted by molar-refractivity contribution is -0.126. The van der Waals surface area contributed by atoms with Gasteiger partial charge in [-0.15, -0.1) is 0 Å².